The lowest BCUT2D eigenvalue weighted by Crippen LogP contribution is -2.12. The molecule has 2 aromatic carbocycles. The van der Waals surface area contributed by atoms with E-state index in [4.69, 9.17) is 4.74 Å². The third-order valence-corrected chi connectivity index (χ3v) is 3.25. The molecule has 2 heteroatoms. The Kier molecular flexibility index (Phi) is 3.29. The lowest BCUT2D eigenvalue weighted by molar-refractivity contribution is 0.357. The van der Waals surface area contributed by atoms with Gasteiger partial charge in [0.05, 0.1) is 6.61 Å². The third kappa shape index (κ3) is 2.54. The molecule has 3 rings (SSSR count). The largest absolute Gasteiger partial charge is 0.493 e. The zero-order chi connectivity index (χ0) is 12.2. The Morgan fingerprint density at radius 1 is 0.944 bits per heavy atom. The number of hydrogen-bond donors (Lipinski definition) is 1. The van der Waals surface area contributed by atoms with Crippen molar-refractivity contribution in [2.45, 2.75) is 19.5 Å². The van der Waals surface area contributed by atoms with Crippen molar-refractivity contribution in [2.24, 2.45) is 0 Å². The third-order valence-electron chi connectivity index (χ3n) is 3.25. The number of hydrogen-bond acceptors (Lipinski definition) is 2. The summed E-state index contributed by atoms with van der Waals surface area (Å²) in [5.41, 5.74) is 3.99. The lowest BCUT2D eigenvalue weighted by Gasteiger charge is -2.06. The summed E-state index contributed by atoms with van der Waals surface area (Å²) in [6, 6.07) is 17.0. The Balaban J connectivity index is 1.57. The topological polar surface area (TPSA) is 21.3 Å². The van der Waals surface area contributed by atoms with E-state index in [1.54, 1.807) is 0 Å². The molecule has 0 radical (unpaired) electrons. The molecule has 2 aromatic rings. The highest BCUT2D eigenvalue weighted by molar-refractivity contribution is 5.39. The minimum Gasteiger partial charge on any atom is -0.493 e. The van der Waals surface area contributed by atoms with Crippen LogP contribution in [-0.4, -0.2) is 6.61 Å². The van der Waals surface area contributed by atoms with Gasteiger partial charge in [0.25, 0.3) is 0 Å². The molecule has 0 amide bonds. The van der Waals surface area contributed by atoms with E-state index in [9.17, 15) is 0 Å². The van der Waals surface area contributed by atoms with E-state index in [0.717, 1.165) is 31.9 Å². The molecule has 0 aliphatic carbocycles. The van der Waals surface area contributed by atoms with Crippen molar-refractivity contribution in [3.8, 4) is 5.75 Å². The molecule has 1 N–H and O–H groups in total. The predicted molar refractivity (Wildman–Crippen MR) is 72.6 cm³/mol. The summed E-state index contributed by atoms with van der Waals surface area (Å²) >= 11 is 0. The average molecular weight is 239 g/mol. The Morgan fingerprint density at radius 3 is 2.67 bits per heavy atom. The van der Waals surface area contributed by atoms with Crippen molar-refractivity contribution in [1.29, 1.82) is 0 Å². The second-order valence-corrected chi connectivity index (χ2v) is 4.63. The monoisotopic (exact) mass is 239 g/mol. The van der Waals surface area contributed by atoms with Crippen LogP contribution in [0.5, 0.6) is 5.75 Å². The molecule has 2 nitrogen and oxygen atoms in total. The predicted octanol–water partition coefficient (Wildman–Crippen LogP) is 2.91. The fourth-order valence-corrected chi connectivity index (χ4v) is 2.30. The Labute approximate surface area is 108 Å². The summed E-state index contributed by atoms with van der Waals surface area (Å²) in [7, 11) is 0. The maximum absolute atomic E-state index is 5.51. The maximum atomic E-state index is 5.51. The first-order chi connectivity index (χ1) is 8.92. The van der Waals surface area contributed by atoms with Crippen molar-refractivity contribution < 1.29 is 4.74 Å². The van der Waals surface area contributed by atoms with Gasteiger partial charge in [-0.05, 0) is 22.8 Å². The number of ether oxygens (including phenoxy) is 1. The highest BCUT2D eigenvalue weighted by Crippen LogP contribution is 2.25. The standard InChI is InChI=1S/C16H17NO/c1-2-4-13(5-3-1)11-17-12-14-6-7-16-15(10-14)8-9-18-16/h1-7,10,17H,8-9,11-12H2. The van der Waals surface area contributed by atoms with Gasteiger partial charge in [-0.2, -0.15) is 0 Å². The summed E-state index contributed by atoms with van der Waals surface area (Å²) in [5, 5.41) is 3.47. The molecule has 18 heavy (non-hydrogen) atoms. The molecule has 1 heterocycles. The Hall–Kier alpha value is -1.80. The smallest absolute Gasteiger partial charge is 0.122 e. The molecular weight excluding hydrogens is 222 g/mol. The molecule has 1 aliphatic rings. The first-order valence-corrected chi connectivity index (χ1v) is 6.41. The van der Waals surface area contributed by atoms with Crippen LogP contribution < -0.4 is 10.1 Å². The molecule has 92 valence electrons. The van der Waals surface area contributed by atoms with Gasteiger partial charge in [-0.1, -0.05) is 42.5 Å². The van der Waals surface area contributed by atoms with Gasteiger partial charge in [0.15, 0.2) is 0 Å². The molecule has 0 aromatic heterocycles. The van der Waals surface area contributed by atoms with Crippen LogP contribution in [0.4, 0.5) is 0 Å². The average Bonchev–Trinajstić information content (AvgIpc) is 2.87. The molecule has 0 unspecified atom stereocenters. The Bertz CT molecular complexity index is 522. The summed E-state index contributed by atoms with van der Waals surface area (Å²) in [5.74, 6) is 1.06. The maximum Gasteiger partial charge on any atom is 0.122 e. The fraction of sp³-hybridized carbons (Fsp3) is 0.250. The number of fused-ring (bicyclic) bond motifs is 1. The minimum atomic E-state index is 0.830. The van der Waals surface area contributed by atoms with Gasteiger partial charge in [-0.25, -0.2) is 0 Å². The molecule has 0 spiro atoms. The summed E-state index contributed by atoms with van der Waals surface area (Å²) in [6.45, 7) is 2.65. The summed E-state index contributed by atoms with van der Waals surface area (Å²) in [4.78, 5) is 0. The first kappa shape index (κ1) is 11.3. The molecule has 0 atom stereocenters. The van der Waals surface area contributed by atoms with E-state index in [1.165, 1.54) is 16.7 Å². The fourth-order valence-electron chi connectivity index (χ4n) is 2.30. The SMILES string of the molecule is c1ccc(CNCc2ccc3c(c2)CCO3)cc1. The summed E-state index contributed by atoms with van der Waals surface area (Å²) < 4.78 is 5.51. The minimum absolute atomic E-state index is 0.830. The van der Waals surface area contributed by atoms with Crippen LogP contribution in [0.15, 0.2) is 48.5 Å². The molecule has 0 saturated heterocycles. The van der Waals surface area contributed by atoms with Crippen molar-refractivity contribution >= 4 is 0 Å². The normalized spacial score (nSPS) is 13.1. The van der Waals surface area contributed by atoms with Gasteiger partial charge in [0, 0.05) is 19.5 Å². The number of benzene rings is 2. The highest BCUT2D eigenvalue weighted by atomic mass is 16.5. The molecular formula is C16H17NO. The van der Waals surface area contributed by atoms with Crippen molar-refractivity contribution in [3.63, 3.8) is 0 Å². The molecule has 1 aliphatic heterocycles. The van der Waals surface area contributed by atoms with Crippen LogP contribution in [0.3, 0.4) is 0 Å². The highest BCUT2D eigenvalue weighted by Gasteiger charge is 2.11. The van der Waals surface area contributed by atoms with Gasteiger partial charge in [-0.3, -0.25) is 0 Å². The van der Waals surface area contributed by atoms with Crippen molar-refractivity contribution in [3.05, 3.63) is 65.2 Å². The van der Waals surface area contributed by atoms with E-state index < -0.39 is 0 Å². The van der Waals surface area contributed by atoms with Crippen LogP contribution in [0, 0.1) is 0 Å². The van der Waals surface area contributed by atoms with Gasteiger partial charge in [-0.15, -0.1) is 0 Å². The van der Waals surface area contributed by atoms with Crippen LogP contribution in [0.2, 0.25) is 0 Å². The van der Waals surface area contributed by atoms with Crippen molar-refractivity contribution in [2.75, 3.05) is 6.61 Å². The molecule has 0 bridgehead atoms. The van der Waals surface area contributed by atoms with Crippen LogP contribution in [0.1, 0.15) is 16.7 Å². The van der Waals surface area contributed by atoms with Gasteiger partial charge in [0.1, 0.15) is 5.75 Å². The van der Waals surface area contributed by atoms with Crippen molar-refractivity contribution in [1.82, 2.24) is 5.32 Å². The quantitative estimate of drug-likeness (QED) is 0.885. The van der Waals surface area contributed by atoms with E-state index >= 15 is 0 Å². The van der Waals surface area contributed by atoms with Gasteiger partial charge >= 0.3 is 0 Å². The van der Waals surface area contributed by atoms with Gasteiger partial charge < -0.3 is 10.1 Å². The first-order valence-electron chi connectivity index (χ1n) is 6.41. The van der Waals surface area contributed by atoms with E-state index in [-0.39, 0.29) is 0 Å². The second-order valence-electron chi connectivity index (χ2n) is 4.63. The molecule has 0 fully saturated rings. The zero-order valence-corrected chi connectivity index (χ0v) is 10.4. The summed E-state index contributed by atoms with van der Waals surface area (Å²) in [6.07, 6.45) is 1.04. The van der Waals surface area contributed by atoms with E-state index in [2.05, 4.69) is 47.8 Å². The second kappa shape index (κ2) is 5.23. The van der Waals surface area contributed by atoms with Crippen LogP contribution >= 0.6 is 0 Å². The van der Waals surface area contributed by atoms with Crippen LogP contribution in [-0.2, 0) is 19.5 Å². The van der Waals surface area contributed by atoms with Gasteiger partial charge in [0.2, 0.25) is 0 Å². The van der Waals surface area contributed by atoms with E-state index in [1.807, 2.05) is 6.07 Å². The lowest BCUT2D eigenvalue weighted by atomic mass is 10.1. The van der Waals surface area contributed by atoms with E-state index in [0.29, 0.717) is 0 Å². The Morgan fingerprint density at radius 2 is 1.78 bits per heavy atom. The number of nitrogens with one attached hydrogen (secondary N) is 1. The van der Waals surface area contributed by atoms with Crippen LogP contribution in [0.25, 0.3) is 0 Å². The zero-order valence-electron chi connectivity index (χ0n) is 10.4. The number of rotatable bonds is 4. The molecule has 0 saturated carbocycles.